The van der Waals surface area contributed by atoms with Crippen LogP contribution in [0.5, 0.6) is 5.75 Å². The van der Waals surface area contributed by atoms with Crippen molar-refractivity contribution in [3.05, 3.63) is 125 Å². The third-order valence-corrected chi connectivity index (χ3v) is 9.09. The summed E-state index contributed by atoms with van der Waals surface area (Å²) in [6, 6.07) is 29.3. The van der Waals surface area contributed by atoms with Crippen LogP contribution in [0.25, 0.3) is 0 Å². The van der Waals surface area contributed by atoms with Gasteiger partial charge in [-0.05, 0) is 68.3 Å². The van der Waals surface area contributed by atoms with Crippen LogP contribution in [0.1, 0.15) is 29.2 Å². The van der Waals surface area contributed by atoms with Gasteiger partial charge >= 0.3 is 0 Å². The van der Waals surface area contributed by atoms with Crippen LogP contribution < -0.4 is 14.4 Å². The number of carbonyl (C=O) groups is 2. The number of aryl methyl sites for hydroxylation is 2. The minimum Gasteiger partial charge on any atom is -0.497 e. The first kappa shape index (κ1) is 32.3. The summed E-state index contributed by atoms with van der Waals surface area (Å²) >= 11 is 0. The average Bonchev–Trinajstić information content (AvgIpc) is 3.02. The summed E-state index contributed by atoms with van der Waals surface area (Å²) in [4.78, 5) is 29.5. The fourth-order valence-electron chi connectivity index (χ4n) is 4.97. The van der Waals surface area contributed by atoms with Crippen molar-refractivity contribution in [2.24, 2.45) is 0 Å². The number of anilines is 1. The van der Waals surface area contributed by atoms with E-state index < -0.39 is 28.5 Å². The highest BCUT2D eigenvalue weighted by molar-refractivity contribution is 7.92. The monoisotopic (exact) mass is 613 g/mol. The number of likely N-dealkylation sites (N-methyl/N-ethyl adjacent to an activating group) is 1. The van der Waals surface area contributed by atoms with Gasteiger partial charge in [-0.3, -0.25) is 13.9 Å². The predicted octanol–water partition coefficient (Wildman–Crippen LogP) is 5.28. The fraction of sp³-hybridized carbons (Fsp3) is 0.257. The van der Waals surface area contributed by atoms with Gasteiger partial charge in [-0.25, -0.2) is 8.42 Å². The lowest BCUT2D eigenvalue weighted by Gasteiger charge is -2.34. The van der Waals surface area contributed by atoms with Crippen LogP contribution >= 0.6 is 0 Å². The molecule has 0 aliphatic heterocycles. The number of nitrogens with one attached hydrogen (secondary N) is 1. The molecule has 0 aliphatic rings. The first-order chi connectivity index (χ1) is 21.1. The van der Waals surface area contributed by atoms with Gasteiger partial charge in [0.1, 0.15) is 18.3 Å². The van der Waals surface area contributed by atoms with E-state index in [0.29, 0.717) is 18.0 Å². The highest BCUT2D eigenvalue weighted by atomic mass is 32.2. The van der Waals surface area contributed by atoms with Gasteiger partial charge in [0.25, 0.3) is 10.0 Å². The van der Waals surface area contributed by atoms with E-state index in [2.05, 4.69) is 5.32 Å². The van der Waals surface area contributed by atoms with Crippen molar-refractivity contribution in [2.75, 3.05) is 24.5 Å². The van der Waals surface area contributed by atoms with E-state index in [-0.39, 0.29) is 23.8 Å². The Kier molecular flexibility index (Phi) is 10.8. The Bertz CT molecular complexity index is 1660. The van der Waals surface area contributed by atoms with E-state index in [0.717, 1.165) is 26.6 Å². The Hall–Kier alpha value is -4.63. The van der Waals surface area contributed by atoms with E-state index in [1.54, 1.807) is 36.4 Å². The fourth-order valence-corrected chi connectivity index (χ4v) is 6.38. The smallest absolute Gasteiger partial charge is 0.264 e. The van der Waals surface area contributed by atoms with E-state index in [1.165, 1.54) is 24.1 Å². The zero-order chi connectivity index (χ0) is 31.7. The minimum absolute atomic E-state index is 0.0153. The lowest BCUT2D eigenvalue weighted by molar-refractivity contribution is -0.140. The maximum Gasteiger partial charge on any atom is 0.264 e. The molecule has 4 rings (SSSR count). The summed E-state index contributed by atoms with van der Waals surface area (Å²) in [6.07, 6.45) is 0.264. The molecule has 0 bridgehead atoms. The van der Waals surface area contributed by atoms with Crippen LogP contribution in [-0.4, -0.2) is 51.4 Å². The van der Waals surface area contributed by atoms with E-state index in [1.807, 2.05) is 75.4 Å². The third kappa shape index (κ3) is 8.05. The number of carbonyl (C=O) groups excluding carboxylic acids is 2. The molecule has 0 saturated carbocycles. The van der Waals surface area contributed by atoms with Gasteiger partial charge in [0.2, 0.25) is 11.8 Å². The number of methoxy groups -OCH3 is 1. The second kappa shape index (κ2) is 14.7. The molecule has 0 spiro atoms. The number of rotatable bonds is 13. The lowest BCUT2D eigenvalue weighted by atomic mass is 10.0. The molecule has 4 aromatic rings. The molecule has 4 aromatic carbocycles. The minimum atomic E-state index is -4.19. The number of hydrogen-bond donors (Lipinski definition) is 1. The Balaban J connectivity index is 1.79. The Morgan fingerprint density at radius 2 is 1.48 bits per heavy atom. The largest absolute Gasteiger partial charge is 0.497 e. The molecule has 0 aromatic heterocycles. The molecular weight excluding hydrogens is 574 g/mol. The van der Waals surface area contributed by atoms with Crippen LogP contribution in [-0.2, 0) is 32.6 Å². The number of hydrogen-bond acceptors (Lipinski definition) is 5. The van der Waals surface area contributed by atoms with Crippen molar-refractivity contribution >= 4 is 27.5 Å². The number of ether oxygens (including phenoxy) is 1. The van der Waals surface area contributed by atoms with E-state index >= 15 is 0 Å². The van der Waals surface area contributed by atoms with Gasteiger partial charge in [-0.2, -0.15) is 0 Å². The Labute approximate surface area is 260 Å². The van der Waals surface area contributed by atoms with E-state index in [4.69, 9.17) is 4.74 Å². The van der Waals surface area contributed by atoms with Gasteiger partial charge in [-0.1, -0.05) is 77.9 Å². The molecule has 9 heteroatoms. The standard InChI is InChI=1S/C35H39N3O5S/c1-5-36-35(40)33(23-28-11-7-6-8-12-28)37(24-29-13-9-10-27(3)22-29)34(39)25-38(30-16-14-26(2)15-17-30)44(41,42)32-20-18-31(43-4)19-21-32/h6-22,33H,5,23-25H2,1-4H3,(H,36,40). The molecule has 0 aliphatic carbocycles. The van der Waals surface area contributed by atoms with E-state index in [9.17, 15) is 18.0 Å². The maximum absolute atomic E-state index is 14.4. The summed E-state index contributed by atoms with van der Waals surface area (Å²) in [6.45, 7) is 5.69. The van der Waals surface area contributed by atoms with Gasteiger partial charge in [0.15, 0.2) is 0 Å². The molecule has 230 valence electrons. The summed E-state index contributed by atoms with van der Waals surface area (Å²) in [5, 5.41) is 2.88. The molecule has 1 unspecified atom stereocenters. The van der Waals surface area contributed by atoms with Crippen molar-refractivity contribution in [3.8, 4) is 5.75 Å². The summed E-state index contributed by atoms with van der Waals surface area (Å²) in [5.41, 5.74) is 4.01. The number of benzene rings is 4. The van der Waals surface area contributed by atoms with Crippen molar-refractivity contribution < 1.29 is 22.7 Å². The van der Waals surface area contributed by atoms with Crippen molar-refractivity contribution in [1.29, 1.82) is 0 Å². The van der Waals surface area contributed by atoms with Crippen molar-refractivity contribution in [1.82, 2.24) is 10.2 Å². The topological polar surface area (TPSA) is 96.0 Å². The summed E-state index contributed by atoms with van der Waals surface area (Å²) < 4.78 is 34.5. The van der Waals surface area contributed by atoms with Gasteiger partial charge in [-0.15, -0.1) is 0 Å². The first-order valence-corrected chi connectivity index (χ1v) is 16.0. The molecular formula is C35H39N3O5S. The van der Waals surface area contributed by atoms with Gasteiger partial charge in [0, 0.05) is 19.5 Å². The van der Waals surface area contributed by atoms with Crippen LogP contribution in [0.4, 0.5) is 5.69 Å². The second-order valence-electron chi connectivity index (χ2n) is 10.6. The molecule has 1 N–H and O–H groups in total. The number of sulfonamides is 1. The SMILES string of the molecule is CCNC(=O)C(Cc1ccccc1)N(Cc1cccc(C)c1)C(=O)CN(c1ccc(C)cc1)S(=O)(=O)c1ccc(OC)cc1. The molecule has 1 atom stereocenters. The third-order valence-electron chi connectivity index (χ3n) is 7.31. The van der Waals surface area contributed by atoms with Crippen molar-refractivity contribution in [3.63, 3.8) is 0 Å². The molecule has 8 nitrogen and oxygen atoms in total. The molecule has 0 fully saturated rings. The zero-order valence-corrected chi connectivity index (χ0v) is 26.4. The Morgan fingerprint density at radius 1 is 0.818 bits per heavy atom. The quantitative estimate of drug-likeness (QED) is 0.221. The predicted molar refractivity (Wildman–Crippen MR) is 173 cm³/mol. The van der Waals surface area contributed by atoms with Gasteiger partial charge in [0.05, 0.1) is 17.7 Å². The number of nitrogens with zero attached hydrogens (tertiary/aromatic N) is 2. The van der Waals surface area contributed by atoms with Crippen LogP contribution in [0.3, 0.4) is 0 Å². The van der Waals surface area contributed by atoms with Crippen LogP contribution in [0, 0.1) is 13.8 Å². The second-order valence-corrected chi connectivity index (χ2v) is 12.5. The molecule has 0 saturated heterocycles. The molecule has 44 heavy (non-hydrogen) atoms. The highest BCUT2D eigenvalue weighted by Crippen LogP contribution is 2.27. The van der Waals surface area contributed by atoms with Gasteiger partial charge < -0.3 is 15.0 Å². The summed E-state index contributed by atoms with van der Waals surface area (Å²) in [5.74, 6) is -0.300. The maximum atomic E-state index is 14.4. The Morgan fingerprint density at radius 3 is 2.09 bits per heavy atom. The molecule has 2 amide bonds. The molecule has 0 radical (unpaired) electrons. The van der Waals surface area contributed by atoms with Crippen LogP contribution in [0.2, 0.25) is 0 Å². The van der Waals surface area contributed by atoms with Crippen molar-refractivity contribution in [2.45, 2.75) is 44.7 Å². The first-order valence-electron chi connectivity index (χ1n) is 14.5. The van der Waals surface area contributed by atoms with Crippen LogP contribution in [0.15, 0.2) is 108 Å². The lowest BCUT2D eigenvalue weighted by Crippen LogP contribution is -2.53. The zero-order valence-electron chi connectivity index (χ0n) is 25.6. The highest BCUT2D eigenvalue weighted by Gasteiger charge is 2.34. The normalized spacial score (nSPS) is 11.8. The molecule has 0 heterocycles. The summed E-state index contributed by atoms with van der Waals surface area (Å²) in [7, 11) is -2.68. The number of amides is 2. The average molecular weight is 614 g/mol.